The Morgan fingerprint density at radius 3 is 2.60 bits per heavy atom. The van der Waals surface area contributed by atoms with E-state index in [4.69, 9.17) is 0 Å². The molecule has 2 aliphatic heterocycles. The predicted octanol–water partition coefficient (Wildman–Crippen LogP) is 5.13. The number of rotatable bonds is 8. The van der Waals surface area contributed by atoms with Gasteiger partial charge in [0.15, 0.2) is 0 Å². The number of hydrogen-bond donors (Lipinski definition) is 2. The van der Waals surface area contributed by atoms with E-state index in [0.29, 0.717) is 0 Å². The maximum atomic E-state index is 14.8. The first-order valence-corrected chi connectivity index (χ1v) is 13.3. The first-order chi connectivity index (χ1) is 16.5. The summed E-state index contributed by atoms with van der Waals surface area (Å²) in [4.78, 5) is 32.2. The number of aliphatic hydroxyl groups is 1. The number of aliphatic imine (C=N–C) groups is 1. The molecule has 1 saturated heterocycles. The number of carbonyl (C=O) groups excluding carboxylic acids is 2. The van der Waals surface area contributed by atoms with Crippen LogP contribution in [0, 0.1) is 24.7 Å². The molecule has 35 heavy (non-hydrogen) atoms. The molecule has 192 valence electrons. The molecule has 5 unspecified atom stereocenters. The molecule has 2 aliphatic rings. The van der Waals surface area contributed by atoms with Crippen molar-refractivity contribution in [3.05, 3.63) is 46.7 Å². The molecule has 0 spiro atoms. The van der Waals surface area contributed by atoms with Gasteiger partial charge in [-0.2, -0.15) is 0 Å². The molecule has 0 aliphatic carbocycles. The second-order valence-corrected chi connectivity index (χ2v) is 11.3. The molecule has 0 saturated carbocycles. The van der Waals surface area contributed by atoms with Crippen LogP contribution in [0.25, 0.3) is 0 Å². The van der Waals surface area contributed by atoms with E-state index in [9.17, 15) is 19.1 Å². The number of carbonyl (C=O) groups is 2. The lowest BCUT2D eigenvalue weighted by molar-refractivity contribution is -0.143. The number of hydrogen-bond acceptors (Lipinski definition) is 5. The minimum Gasteiger partial charge on any atom is -0.512 e. The van der Waals surface area contributed by atoms with E-state index in [0.717, 1.165) is 11.1 Å². The van der Waals surface area contributed by atoms with Crippen LogP contribution in [-0.4, -0.2) is 52.2 Å². The second-order valence-electron chi connectivity index (χ2n) is 10.3. The fraction of sp³-hybridized carbons (Fsp3) is 0.593. The van der Waals surface area contributed by atoms with Gasteiger partial charge in [0, 0.05) is 13.1 Å². The fourth-order valence-electron chi connectivity index (χ4n) is 4.81. The molecule has 1 fully saturated rings. The maximum absolute atomic E-state index is 14.8. The monoisotopic (exact) mass is 503 g/mol. The van der Waals surface area contributed by atoms with Crippen LogP contribution in [-0.2, 0) is 16.1 Å². The topological polar surface area (TPSA) is 82.0 Å². The van der Waals surface area contributed by atoms with E-state index in [1.54, 1.807) is 17.8 Å². The minimum absolute atomic E-state index is 0.0164. The summed E-state index contributed by atoms with van der Waals surface area (Å²) >= 11 is 1.70. The van der Waals surface area contributed by atoms with E-state index in [2.05, 4.69) is 29.4 Å². The average Bonchev–Trinajstić information content (AvgIpc) is 3.37. The Morgan fingerprint density at radius 2 is 2.03 bits per heavy atom. The summed E-state index contributed by atoms with van der Waals surface area (Å²) in [5, 5.41) is 13.7. The Morgan fingerprint density at radius 1 is 1.31 bits per heavy atom. The van der Waals surface area contributed by atoms with E-state index in [1.165, 1.54) is 10.5 Å². The molecule has 2 heterocycles. The lowest BCUT2D eigenvalue weighted by Gasteiger charge is -2.30. The van der Waals surface area contributed by atoms with Gasteiger partial charge < -0.3 is 15.3 Å². The predicted molar refractivity (Wildman–Crippen MR) is 140 cm³/mol. The van der Waals surface area contributed by atoms with Crippen molar-refractivity contribution < 1.29 is 19.1 Å². The van der Waals surface area contributed by atoms with Crippen molar-refractivity contribution in [1.82, 2.24) is 10.2 Å². The highest BCUT2D eigenvalue weighted by molar-refractivity contribution is 8.12. The number of allylic oxidation sites excluding steroid dienone is 1. The number of thioether (sulfide) groups is 1. The Labute approximate surface area is 212 Å². The number of aliphatic hydroxyl groups excluding tert-OH is 1. The molecule has 6 nitrogen and oxygen atoms in total. The van der Waals surface area contributed by atoms with Gasteiger partial charge in [-0.15, -0.1) is 11.8 Å². The molecular formula is C27H38FN3O3S. The lowest BCUT2D eigenvalue weighted by atomic mass is 9.90. The number of benzene rings is 1. The molecule has 1 aromatic rings. The van der Waals surface area contributed by atoms with Crippen LogP contribution in [0.1, 0.15) is 63.0 Å². The van der Waals surface area contributed by atoms with E-state index in [1.807, 2.05) is 46.2 Å². The van der Waals surface area contributed by atoms with Crippen LogP contribution in [0.5, 0.6) is 0 Å². The third-order valence-electron chi connectivity index (χ3n) is 6.72. The Balaban J connectivity index is 1.70. The van der Waals surface area contributed by atoms with Crippen LogP contribution < -0.4 is 5.32 Å². The molecule has 2 amide bonds. The Bertz CT molecular complexity index is 994. The smallest absolute Gasteiger partial charge is 0.246 e. The fourth-order valence-corrected chi connectivity index (χ4v) is 5.81. The molecular weight excluding hydrogens is 465 g/mol. The van der Waals surface area contributed by atoms with Gasteiger partial charge in [0.2, 0.25) is 11.8 Å². The van der Waals surface area contributed by atoms with Gasteiger partial charge >= 0.3 is 0 Å². The summed E-state index contributed by atoms with van der Waals surface area (Å²) < 4.78 is 14.8. The van der Waals surface area contributed by atoms with Crippen LogP contribution in [0.15, 0.2) is 35.0 Å². The normalized spacial score (nSPS) is 25.5. The third-order valence-corrected chi connectivity index (χ3v) is 7.92. The van der Waals surface area contributed by atoms with Crippen molar-refractivity contribution in [1.29, 1.82) is 0 Å². The van der Waals surface area contributed by atoms with Crippen molar-refractivity contribution in [2.75, 3.05) is 6.54 Å². The zero-order chi connectivity index (χ0) is 25.9. The average molecular weight is 504 g/mol. The highest BCUT2D eigenvalue weighted by atomic mass is 32.2. The summed E-state index contributed by atoms with van der Waals surface area (Å²) in [6, 6.07) is 5.19. The van der Waals surface area contributed by atoms with Gasteiger partial charge in [-0.3, -0.25) is 14.6 Å². The summed E-state index contributed by atoms with van der Waals surface area (Å²) in [6.45, 7) is 12.0. The molecule has 3 rings (SSSR count). The number of likely N-dealkylation sites (tertiary alicyclic amines) is 1. The molecule has 1 aromatic carbocycles. The third kappa shape index (κ3) is 6.26. The Kier molecular flexibility index (Phi) is 9.02. The second kappa shape index (κ2) is 11.6. The van der Waals surface area contributed by atoms with Gasteiger partial charge in [0.05, 0.1) is 22.8 Å². The minimum atomic E-state index is -1.44. The van der Waals surface area contributed by atoms with Gasteiger partial charge in [-0.25, -0.2) is 4.39 Å². The van der Waals surface area contributed by atoms with Crippen LogP contribution in [0.2, 0.25) is 0 Å². The molecule has 0 aromatic heterocycles. The standard InChI is InChI=1S/C27H38FN3O3S/c1-15(2)11-22(32)23(16(3)4)27(34)31-10-9-21(28)24(31)26(33)29-13-20-8-7-19(12-17(20)5)25-18(6)30-14-35-25/h7-8,11-12,14-16,18,21,23-25,32H,9-10,13H2,1-6H3,(H,29,33)/b22-11-. The molecule has 0 radical (unpaired) electrons. The zero-order valence-electron chi connectivity index (χ0n) is 21.5. The molecule has 2 N–H and O–H groups in total. The number of nitrogens with one attached hydrogen (secondary N) is 1. The van der Waals surface area contributed by atoms with Crippen LogP contribution >= 0.6 is 11.8 Å². The van der Waals surface area contributed by atoms with Crippen LogP contribution in [0.4, 0.5) is 4.39 Å². The SMILES string of the molecule is Cc1cc(C2SC=NC2C)ccc1CNC(=O)C1C(F)CCN1C(=O)C(/C(O)=C/C(C)C)C(C)C. The van der Waals surface area contributed by atoms with Gasteiger partial charge in [-0.1, -0.05) is 45.9 Å². The molecule has 0 bridgehead atoms. The van der Waals surface area contributed by atoms with E-state index >= 15 is 0 Å². The summed E-state index contributed by atoms with van der Waals surface area (Å²) in [5.41, 5.74) is 5.07. The number of halogens is 1. The summed E-state index contributed by atoms with van der Waals surface area (Å²) in [5.74, 6) is -1.85. The van der Waals surface area contributed by atoms with Crippen molar-refractivity contribution >= 4 is 29.1 Å². The highest BCUT2D eigenvalue weighted by Gasteiger charge is 2.45. The number of aryl methyl sites for hydroxylation is 1. The quantitative estimate of drug-likeness (QED) is 0.482. The number of alkyl halides is 1. The van der Waals surface area contributed by atoms with Gasteiger partial charge in [0.1, 0.15) is 18.0 Å². The van der Waals surface area contributed by atoms with Gasteiger partial charge in [0.25, 0.3) is 0 Å². The number of amides is 2. The first-order valence-electron chi connectivity index (χ1n) is 12.4. The van der Waals surface area contributed by atoms with E-state index in [-0.39, 0.29) is 48.4 Å². The lowest BCUT2D eigenvalue weighted by Crippen LogP contribution is -2.51. The first kappa shape index (κ1) is 27.2. The van der Waals surface area contributed by atoms with Crippen molar-refractivity contribution in [2.45, 2.75) is 78.0 Å². The molecule has 8 heteroatoms. The van der Waals surface area contributed by atoms with Crippen LogP contribution in [0.3, 0.4) is 0 Å². The summed E-state index contributed by atoms with van der Waals surface area (Å²) in [7, 11) is 0. The Hall–Kier alpha value is -2.35. The van der Waals surface area contributed by atoms with Gasteiger partial charge in [-0.05, 0) is 54.9 Å². The van der Waals surface area contributed by atoms with Crippen molar-refractivity contribution in [3.63, 3.8) is 0 Å². The highest BCUT2D eigenvalue weighted by Crippen LogP contribution is 2.37. The zero-order valence-corrected chi connectivity index (χ0v) is 22.3. The van der Waals surface area contributed by atoms with Crippen molar-refractivity contribution in [2.24, 2.45) is 22.7 Å². The largest absolute Gasteiger partial charge is 0.512 e. The summed E-state index contributed by atoms with van der Waals surface area (Å²) in [6.07, 6.45) is 0.313. The van der Waals surface area contributed by atoms with Crippen molar-refractivity contribution in [3.8, 4) is 0 Å². The van der Waals surface area contributed by atoms with E-state index < -0.39 is 29.9 Å². The maximum Gasteiger partial charge on any atom is 0.246 e. The molecule has 5 atom stereocenters. The number of nitrogens with zero attached hydrogens (tertiary/aromatic N) is 2.